The average Bonchev–Trinajstić information content (AvgIpc) is 0.844. The quantitative estimate of drug-likeness (QED) is 0.154. The van der Waals surface area contributed by atoms with Gasteiger partial charge in [0.05, 0.1) is 22.3 Å². The summed E-state index contributed by atoms with van der Waals surface area (Å²) >= 11 is 0. The number of hydrogen-bond donors (Lipinski definition) is 1. The van der Waals surface area contributed by atoms with Crippen LogP contribution >= 0.6 is 0 Å². The zero-order valence-electron chi connectivity index (χ0n) is 59.8. The van der Waals surface area contributed by atoms with Crippen LogP contribution in [0.15, 0.2) is 128 Å². The number of para-hydroxylation sites is 1. The van der Waals surface area contributed by atoms with Gasteiger partial charge in [-0.3, -0.25) is 9.55 Å². The molecule has 0 radical (unpaired) electrons. The van der Waals surface area contributed by atoms with Gasteiger partial charge in [-0.2, -0.15) is 0 Å². The Morgan fingerprint density at radius 2 is 1.33 bits per heavy atom. The molecule has 0 bridgehead atoms. The van der Waals surface area contributed by atoms with Crippen molar-refractivity contribution in [1.82, 2.24) is 14.5 Å². The molecule has 0 aliphatic carbocycles. The summed E-state index contributed by atoms with van der Waals surface area (Å²) in [5.74, 6) is -3.33. The molecule has 5 heteroatoms. The molecule has 342 valence electrons. The standard InChI is InChI=1S/C61H66N3O.Pt/c1-37(2)43-28-44(38(3)4)30-45(29-43)41-23-24-54(39(5)27-41)64-55-22-18-21-50(56(55)63-58(64)51-35-49(60(9,10)11)36-52(57(51)65)61(12,13)14)46-31-47(33-48(32-46)59(6,7)8)53-34-42(25-26-62-53)40-19-16-15-17-20-40;/h15-30,32-38,65H,1-14H3;/q-1;/i5D3,9D3,10D3,11D3,12D3,13D3,14D3,37D;. The van der Waals surface area contributed by atoms with Crippen LogP contribution in [0.2, 0.25) is 0 Å². The van der Waals surface area contributed by atoms with E-state index in [1.165, 1.54) is 22.8 Å². The third kappa shape index (κ3) is 9.63. The number of phenolic OH excluding ortho intramolecular Hbond substituents is 1. The van der Waals surface area contributed by atoms with Gasteiger partial charge in [-0.15, -0.1) is 29.3 Å². The van der Waals surface area contributed by atoms with Gasteiger partial charge in [-0.1, -0.05) is 180 Å². The summed E-state index contributed by atoms with van der Waals surface area (Å²) in [6, 6.07) is 36.0. The minimum absolute atomic E-state index is 0. The number of nitrogens with zero attached hydrogens (tertiary/aromatic N) is 3. The summed E-state index contributed by atoms with van der Waals surface area (Å²) in [5.41, 5.74) is -6.97. The molecule has 2 heterocycles. The molecule has 2 aromatic heterocycles. The van der Waals surface area contributed by atoms with Gasteiger partial charge in [0.1, 0.15) is 11.6 Å². The predicted octanol–water partition coefficient (Wildman–Crippen LogP) is 16.7. The van der Waals surface area contributed by atoms with Crippen LogP contribution in [0.3, 0.4) is 0 Å². The molecule has 0 unspecified atom stereocenters. The van der Waals surface area contributed by atoms with E-state index in [1.54, 1.807) is 44.3 Å². The van der Waals surface area contributed by atoms with Crippen molar-refractivity contribution < 1.29 is 56.3 Å². The normalized spacial score (nSPS) is 18.7. The van der Waals surface area contributed by atoms with E-state index in [0.29, 0.717) is 39.6 Å². The number of imidazole rings is 1. The molecule has 0 amide bonds. The second-order valence-corrected chi connectivity index (χ2v) is 18.3. The van der Waals surface area contributed by atoms with E-state index in [4.69, 9.17) is 40.1 Å². The first-order valence-corrected chi connectivity index (χ1v) is 21.4. The Morgan fingerprint density at radius 1 is 0.636 bits per heavy atom. The molecule has 8 aromatic rings. The maximum absolute atomic E-state index is 13.1. The zero-order chi connectivity index (χ0) is 65.2. The first-order valence-electron chi connectivity index (χ1n) is 32.4. The molecule has 0 aliphatic heterocycles. The van der Waals surface area contributed by atoms with Crippen LogP contribution in [0.25, 0.3) is 72.7 Å². The maximum Gasteiger partial charge on any atom is 0.148 e. The minimum atomic E-state index is -4.25. The SMILES string of the molecule is [2H]C([2H])([2H])c1cc(-c2cc(C(C)C)cc(C([2H])(C)C)c2)ccc1-n1c(-c2cc(C(C([2H])([2H])[2H])(C([2H])([2H])[2H])C([2H])([2H])[2H])cc(C(C([2H])([2H])[2H])(C([2H])([2H])[2H])C([2H])([2H])[2H])c2O)nc2c(-c3[c-]c(-c4cc(-c5ccccc5)ccn4)cc(C(C)(C)C)c3)cccc21.[Pt]. The van der Waals surface area contributed by atoms with Crippen molar-refractivity contribution in [3.63, 3.8) is 0 Å². The molecule has 66 heavy (non-hydrogen) atoms. The van der Waals surface area contributed by atoms with Gasteiger partial charge in [0, 0.05) is 68.7 Å². The number of benzene rings is 6. The monoisotopic (exact) mass is 1070 g/mol. The van der Waals surface area contributed by atoms with Crippen LogP contribution in [-0.2, 0) is 37.3 Å². The molecule has 0 saturated heterocycles. The summed E-state index contributed by atoms with van der Waals surface area (Å²) in [6.45, 7) is -14.9. The van der Waals surface area contributed by atoms with Crippen molar-refractivity contribution in [1.29, 1.82) is 0 Å². The summed E-state index contributed by atoms with van der Waals surface area (Å²) < 4.78 is 196. The first kappa shape index (κ1) is 27.3. The fourth-order valence-corrected chi connectivity index (χ4v) is 8.07. The molecule has 6 aromatic carbocycles. The van der Waals surface area contributed by atoms with Gasteiger partial charge < -0.3 is 5.11 Å². The van der Waals surface area contributed by atoms with Crippen LogP contribution < -0.4 is 0 Å². The predicted molar refractivity (Wildman–Crippen MR) is 276 cm³/mol. The van der Waals surface area contributed by atoms with Crippen LogP contribution in [-0.4, -0.2) is 19.6 Å². The summed E-state index contributed by atoms with van der Waals surface area (Å²) in [7, 11) is 0. The van der Waals surface area contributed by atoms with Gasteiger partial charge >= 0.3 is 0 Å². The van der Waals surface area contributed by atoms with E-state index in [0.717, 1.165) is 22.3 Å². The molecule has 0 atom stereocenters. The van der Waals surface area contributed by atoms with Crippen molar-refractivity contribution in [3.8, 4) is 67.5 Å². The molecule has 4 nitrogen and oxygen atoms in total. The molecule has 0 fully saturated rings. The number of pyridine rings is 1. The second kappa shape index (κ2) is 18.3. The molecule has 0 spiro atoms. The largest absolute Gasteiger partial charge is 0.507 e. The fourth-order valence-electron chi connectivity index (χ4n) is 8.07. The maximum atomic E-state index is 13.1. The molecule has 1 N–H and O–H groups in total. The first-order chi connectivity index (χ1) is 39.6. The third-order valence-corrected chi connectivity index (χ3v) is 11.8. The van der Waals surface area contributed by atoms with Gasteiger partial charge in [0.15, 0.2) is 0 Å². The summed E-state index contributed by atoms with van der Waals surface area (Å²) in [5, 5.41) is 13.1. The van der Waals surface area contributed by atoms with Crippen LogP contribution in [0.4, 0.5) is 0 Å². The van der Waals surface area contributed by atoms with E-state index >= 15 is 0 Å². The second-order valence-electron chi connectivity index (χ2n) is 18.3. The number of aromatic nitrogens is 3. The molecule has 0 saturated carbocycles. The molecular weight excluding hydrogens is 986 g/mol. The number of rotatable bonds is 8. The van der Waals surface area contributed by atoms with Gasteiger partial charge in [0.2, 0.25) is 0 Å². The van der Waals surface area contributed by atoms with Crippen molar-refractivity contribution in [3.05, 3.63) is 167 Å². The zero-order valence-corrected chi connectivity index (χ0v) is 40.1. The third-order valence-electron chi connectivity index (χ3n) is 11.8. The minimum Gasteiger partial charge on any atom is -0.507 e. The number of hydrogen-bond acceptors (Lipinski definition) is 3. The van der Waals surface area contributed by atoms with Crippen molar-refractivity contribution >= 4 is 11.0 Å². The van der Waals surface area contributed by atoms with E-state index in [9.17, 15) is 5.11 Å². The van der Waals surface area contributed by atoms with Crippen LogP contribution in [0.1, 0.15) is 165 Å². The Bertz CT molecular complexity index is 3840. The summed E-state index contributed by atoms with van der Waals surface area (Å²) in [6.07, 6.45) is 1.65. The number of phenols is 1. The topological polar surface area (TPSA) is 50.9 Å². The van der Waals surface area contributed by atoms with Crippen molar-refractivity contribution in [2.45, 2.75) is 124 Å². The Hall–Kier alpha value is -5.57. The number of aromatic hydroxyl groups is 1. The van der Waals surface area contributed by atoms with Gasteiger partial charge in [-0.05, 0) is 110 Å². The average molecular weight is 1070 g/mol. The Labute approximate surface area is 439 Å². The van der Waals surface area contributed by atoms with Crippen molar-refractivity contribution in [2.24, 2.45) is 0 Å². The Kier molecular flexibility index (Phi) is 7.55. The van der Waals surface area contributed by atoms with Gasteiger partial charge in [0.25, 0.3) is 0 Å². The number of aryl methyl sites for hydroxylation is 1. The molecule has 8 rings (SSSR count). The van der Waals surface area contributed by atoms with E-state index in [2.05, 4.69) is 6.07 Å². The fraction of sp³-hybridized carbons (Fsp3) is 0.311. The van der Waals surface area contributed by atoms with E-state index in [-0.39, 0.29) is 55.3 Å². The van der Waals surface area contributed by atoms with Crippen LogP contribution in [0, 0.1) is 12.9 Å². The number of fused-ring (bicyclic) bond motifs is 1. The Morgan fingerprint density at radius 3 is 2.02 bits per heavy atom. The van der Waals surface area contributed by atoms with E-state index in [1.807, 2.05) is 101 Å². The molecular formula is C61H66N3OPt-. The Balaban J connectivity index is 0.0000110. The molecule has 0 aliphatic rings. The van der Waals surface area contributed by atoms with E-state index < -0.39 is 104 Å². The van der Waals surface area contributed by atoms with Gasteiger partial charge in [-0.25, -0.2) is 4.98 Å². The smallest absolute Gasteiger partial charge is 0.148 e. The van der Waals surface area contributed by atoms with Crippen LogP contribution in [0.5, 0.6) is 5.75 Å². The van der Waals surface area contributed by atoms with Crippen molar-refractivity contribution in [2.75, 3.05) is 0 Å². The summed E-state index contributed by atoms with van der Waals surface area (Å²) in [4.78, 5) is 9.79.